The number of hydrogen-bond donors (Lipinski definition) is 1. The first-order valence-electron chi connectivity index (χ1n) is 8.27. The molecule has 0 aromatic heterocycles. The molecule has 2 aromatic rings. The molecular weight excluding hydrogens is 334 g/mol. The number of aryl methyl sites for hydroxylation is 1. The average molecular weight is 357 g/mol. The van der Waals surface area contributed by atoms with Gasteiger partial charge in [0.25, 0.3) is 5.91 Å². The number of rotatable bonds is 7. The number of carbonyl (C=O) groups excluding carboxylic acids is 2. The van der Waals surface area contributed by atoms with Crippen molar-refractivity contribution in [2.24, 2.45) is 0 Å². The fourth-order valence-electron chi connectivity index (χ4n) is 2.26. The predicted octanol–water partition coefficient (Wildman–Crippen LogP) is 3.59. The minimum atomic E-state index is -0.437. The summed E-state index contributed by atoms with van der Waals surface area (Å²) < 4.78 is 15.6. The van der Waals surface area contributed by atoms with Gasteiger partial charge in [-0.25, -0.2) is 4.79 Å². The molecule has 0 radical (unpaired) electrons. The van der Waals surface area contributed by atoms with Gasteiger partial charge in [-0.15, -0.1) is 0 Å². The van der Waals surface area contributed by atoms with Crippen LogP contribution in [0.5, 0.6) is 11.5 Å². The number of amides is 1. The standard InChI is InChI=1S/C20H23NO5/c1-13(2)26-19(22)12-25-16-8-6-15(7-9-16)20(23)21-17-11-14(3)5-10-18(17)24-4/h5-11,13H,12H2,1-4H3,(H,21,23). The lowest BCUT2D eigenvalue weighted by Crippen LogP contribution is -2.18. The molecule has 2 rings (SSSR count). The molecule has 138 valence electrons. The van der Waals surface area contributed by atoms with Gasteiger partial charge in [0.2, 0.25) is 0 Å². The Hall–Kier alpha value is -3.02. The van der Waals surface area contributed by atoms with Crippen LogP contribution in [0.15, 0.2) is 42.5 Å². The normalized spacial score (nSPS) is 10.3. The molecule has 0 atom stereocenters. The summed E-state index contributed by atoms with van der Waals surface area (Å²) in [4.78, 5) is 23.9. The topological polar surface area (TPSA) is 73.9 Å². The van der Waals surface area contributed by atoms with E-state index in [2.05, 4.69) is 5.32 Å². The van der Waals surface area contributed by atoms with Gasteiger partial charge in [-0.2, -0.15) is 0 Å². The van der Waals surface area contributed by atoms with Crippen LogP contribution in [0.1, 0.15) is 29.8 Å². The van der Waals surface area contributed by atoms with Gasteiger partial charge in [-0.05, 0) is 62.7 Å². The molecule has 1 amide bonds. The van der Waals surface area contributed by atoms with E-state index in [0.29, 0.717) is 22.7 Å². The molecule has 26 heavy (non-hydrogen) atoms. The van der Waals surface area contributed by atoms with Gasteiger partial charge in [0.15, 0.2) is 6.61 Å². The zero-order chi connectivity index (χ0) is 19.1. The van der Waals surface area contributed by atoms with Gasteiger partial charge in [-0.1, -0.05) is 6.07 Å². The predicted molar refractivity (Wildman–Crippen MR) is 98.8 cm³/mol. The maximum Gasteiger partial charge on any atom is 0.344 e. The molecule has 0 fully saturated rings. The summed E-state index contributed by atoms with van der Waals surface area (Å²) >= 11 is 0. The highest BCUT2D eigenvalue weighted by Crippen LogP contribution is 2.26. The molecule has 0 unspecified atom stereocenters. The Morgan fingerprint density at radius 3 is 2.38 bits per heavy atom. The lowest BCUT2D eigenvalue weighted by atomic mass is 10.1. The molecule has 0 heterocycles. The minimum Gasteiger partial charge on any atom is -0.495 e. The second-order valence-corrected chi connectivity index (χ2v) is 6.01. The molecule has 0 aliphatic carbocycles. The Kier molecular flexibility index (Phi) is 6.60. The van der Waals surface area contributed by atoms with Gasteiger partial charge in [0.1, 0.15) is 11.5 Å². The summed E-state index contributed by atoms with van der Waals surface area (Å²) in [5.74, 6) is 0.371. The van der Waals surface area contributed by atoms with Crippen molar-refractivity contribution in [3.63, 3.8) is 0 Å². The van der Waals surface area contributed by atoms with E-state index >= 15 is 0 Å². The van der Waals surface area contributed by atoms with E-state index in [4.69, 9.17) is 14.2 Å². The largest absolute Gasteiger partial charge is 0.495 e. The Morgan fingerprint density at radius 2 is 1.77 bits per heavy atom. The summed E-state index contributed by atoms with van der Waals surface area (Å²) in [6, 6.07) is 12.1. The highest BCUT2D eigenvalue weighted by molar-refractivity contribution is 6.05. The number of ether oxygens (including phenoxy) is 3. The zero-order valence-electron chi connectivity index (χ0n) is 15.4. The van der Waals surface area contributed by atoms with Crippen LogP contribution in [0.3, 0.4) is 0 Å². The van der Waals surface area contributed by atoms with Crippen molar-refractivity contribution >= 4 is 17.6 Å². The van der Waals surface area contributed by atoms with Gasteiger partial charge < -0.3 is 19.5 Å². The van der Waals surface area contributed by atoms with Gasteiger partial charge >= 0.3 is 5.97 Å². The number of esters is 1. The number of hydrogen-bond acceptors (Lipinski definition) is 5. The van der Waals surface area contributed by atoms with E-state index in [9.17, 15) is 9.59 Å². The molecule has 0 aliphatic heterocycles. The summed E-state index contributed by atoms with van der Waals surface area (Å²) in [7, 11) is 1.55. The molecule has 2 aromatic carbocycles. The fourth-order valence-corrected chi connectivity index (χ4v) is 2.26. The number of nitrogens with one attached hydrogen (secondary N) is 1. The van der Waals surface area contributed by atoms with E-state index < -0.39 is 5.97 Å². The number of methoxy groups -OCH3 is 1. The third kappa shape index (κ3) is 5.51. The van der Waals surface area contributed by atoms with Crippen molar-refractivity contribution in [1.82, 2.24) is 0 Å². The SMILES string of the molecule is COc1ccc(C)cc1NC(=O)c1ccc(OCC(=O)OC(C)C)cc1. The Labute approximate surface area is 153 Å². The third-order valence-electron chi connectivity index (χ3n) is 3.44. The van der Waals surface area contributed by atoms with Crippen LogP contribution in [-0.2, 0) is 9.53 Å². The van der Waals surface area contributed by atoms with E-state index in [1.165, 1.54) is 0 Å². The molecule has 0 saturated carbocycles. The summed E-state index contributed by atoms with van der Waals surface area (Å²) in [5, 5.41) is 2.83. The quantitative estimate of drug-likeness (QED) is 0.767. The summed E-state index contributed by atoms with van der Waals surface area (Å²) in [6.07, 6.45) is -0.184. The lowest BCUT2D eigenvalue weighted by molar-refractivity contribution is -0.149. The number of carbonyl (C=O) groups is 2. The van der Waals surface area contributed by atoms with Crippen molar-refractivity contribution in [2.75, 3.05) is 19.0 Å². The molecule has 0 saturated heterocycles. The lowest BCUT2D eigenvalue weighted by Gasteiger charge is -2.12. The van der Waals surface area contributed by atoms with E-state index in [1.807, 2.05) is 19.1 Å². The van der Waals surface area contributed by atoms with Crippen LogP contribution in [0.2, 0.25) is 0 Å². The second kappa shape index (κ2) is 8.89. The Morgan fingerprint density at radius 1 is 1.08 bits per heavy atom. The van der Waals surface area contributed by atoms with Crippen LogP contribution in [-0.4, -0.2) is 31.7 Å². The summed E-state index contributed by atoms with van der Waals surface area (Å²) in [6.45, 7) is 5.30. The average Bonchev–Trinajstić information content (AvgIpc) is 2.60. The summed E-state index contributed by atoms with van der Waals surface area (Å²) in [5.41, 5.74) is 2.08. The molecule has 0 bridgehead atoms. The Bertz CT molecular complexity index is 768. The first-order chi connectivity index (χ1) is 12.4. The van der Waals surface area contributed by atoms with Gasteiger partial charge in [0.05, 0.1) is 18.9 Å². The van der Waals surface area contributed by atoms with Crippen molar-refractivity contribution in [3.05, 3.63) is 53.6 Å². The minimum absolute atomic E-state index is 0.176. The van der Waals surface area contributed by atoms with E-state index in [1.54, 1.807) is 51.3 Å². The molecule has 6 nitrogen and oxygen atoms in total. The van der Waals surface area contributed by atoms with Crippen molar-refractivity contribution in [3.8, 4) is 11.5 Å². The van der Waals surface area contributed by atoms with Crippen molar-refractivity contribution < 1.29 is 23.8 Å². The van der Waals surface area contributed by atoms with Crippen LogP contribution in [0.4, 0.5) is 5.69 Å². The first kappa shape index (κ1) is 19.3. The van der Waals surface area contributed by atoms with Gasteiger partial charge in [-0.3, -0.25) is 4.79 Å². The maximum absolute atomic E-state index is 12.4. The second-order valence-electron chi connectivity index (χ2n) is 6.01. The van der Waals surface area contributed by atoms with Crippen LogP contribution < -0.4 is 14.8 Å². The maximum atomic E-state index is 12.4. The smallest absolute Gasteiger partial charge is 0.344 e. The van der Waals surface area contributed by atoms with Gasteiger partial charge in [0, 0.05) is 5.56 Å². The molecular formula is C20H23NO5. The highest BCUT2D eigenvalue weighted by Gasteiger charge is 2.11. The van der Waals surface area contributed by atoms with Crippen LogP contribution in [0, 0.1) is 6.92 Å². The molecule has 0 aliphatic rings. The van der Waals surface area contributed by atoms with Crippen molar-refractivity contribution in [2.45, 2.75) is 26.9 Å². The fraction of sp³-hybridized carbons (Fsp3) is 0.300. The molecule has 1 N–H and O–H groups in total. The first-order valence-corrected chi connectivity index (χ1v) is 8.27. The molecule has 6 heteroatoms. The van der Waals surface area contributed by atoms with Crippen molar-refractivity contribution in [1.29, 1.82) is 0 Å². The van der Waals surface area contributed by atoms with E-state index in [0.717, 1.165) is 5.56 Å². The number of benzene rings is 2. The highest BCUT2D eigenvalue weighted by atomic mass is 16.6. The van der Waals surface area contributed by atoms with E-state index in [-0.39, 0.29) is 18.6 Å². The Balaban J connectivity index is 1.98. The third-order valence-corrected chi connectivity index (χ3v) is 3.44. The monoisotopic (exact) mass is 357 g/mol. The van der Waals surface area contributed by atoms with Crippen LogP contribution >= 0.6 is 0 Å². The molecule has 0 spiro atoms. The van der Waals surface area contributed by atoms with Crippen LogP contribution in [0.25, 0.3) is 0 Å². The number of anilines is 1. The zero-order valence-corrected chi connectivity index (χ0v) is 15.4.